The molecule has 126 valence electrons. The smallest absolute Gasteiger partial charge is 0.0105 e. The van der Waals surface area contributed by atoms with E-state index >= 15 is 0 Å². The molecule has 3 unspecified atom stereocenters. The van der Waals surface area contributed by atoms with Gasteiger partial charge in [-0.15, -0.1) is 0 Å². The Bertz CT molecular complexity index is 250. The molecule has 0 aromatic heterocycles. The predicted octanol–water partition coefficient (Wildman–Crippen LogP) is 4.40. The van der Waals surface area contributed by atoms with E-state index in [2.05, 4.69) is 51.9 Å². The molecule has 0 radical (unpaired) electrons. The molecule has 2 heteroatoms. The van der Waals surface area contributed by atoms with E-state index in [1.54, 1.807) is 0 Å². The van der Waals surface area contributed by atoms with Gasteiger partial charge in [-0.05, 0) is 75.9 Å². The summed E-state index contributed by atoms with van der Waals surface area (Å²) in [5.41, 5.74) is 0. The quantitative estimate of drug-likeness (QED) is 0.678. The molecule has 0 bridgehead atoms. The summed E-state index contributed by atoms with van der Waals surface area (Å²) in [7, 11) is 2.15. The standard InChI is InChI=1S/C19H40N2/c1-15(2)9-11-21(12-10-16(3)4)14-18-13-17(5)7-8-19(18)20-6/h15-20H,7-14H2,1-6H3. The van der Waals surface area contributed by atoms with Crippen LogP contribution in [0.5, 0.6) is 0 Å². The fourth-order valence-electron chi connectivity index (χ4n) is 3.59. The van der Waals surface area contributed by atoms with Crippen molar-refractivity contribution in [3.8, 4) is 0 Å². The van der Waals surface area contributed by atoms with Crippen molar-refractivity contribution < 1.29 is 0 Å². The largest absolute Gasteiger partial charge is 0.317 e. The van der Waals surface area contributed by atoms with Gasteiger partial charge in [0.2, 0.25) is 0 Å². The van der Waals surface area contributed by atoms with Crippen molar-refractivity contribution in [3.63, 3.8) is 0 Å². The second-order valence-electron chi connectivity index (χ2n) is 8.24. The van der Waals surface area contributed by atoms with E-state index in [0.717, 1.165) is 29.7 Å². The Morgan fingerprint density at radius 3 is 2.05 bits per heavy atom. The Balaban J connectivity index is 2.54. The molecule has 1 N–H and O–H groups in total. The molecule has 0 heterocycles. The van der Waals surface area contributed by atoms with E-state index in [1.165, 1.54) is 51.7 Å². The van der Waals surface area contributed by atoms with Crippen LogP contribution in [0.3, 0.4) is 0 Å². The van der Waals surface area contributed by atoms with Crippen LogP contribution in [0.1, 0.15) is 66.7 Å². The summed E-state index contributed by atoms with van der Waals surface area (Å²) >= 11 is 0. The van der Waals surface area contributed by atoms with Crippen molar-refractivity contribution in [1.82, 2.24) is 10.2 Å². The average molecular weight is 297 g/mol. The topological polar surface area (TPSA) is 15.3 Å². The van der Waals surface area contributed by atoms with E-state index in [1.807, 2.05) is 0 Å². The van der Waals surface area contributed by atoms with E-state index in [0.29, 0.717) is 0 Å². The zero-order chi connectivity index (χ0) is 15.8. The molecular formula is C19H40N2. The molecule has 1 aliphatic carbocycles. The van der Waals surface area contributed by atoms with Gasteiger partial charge in [0.05, 0.1) is 0 Å². The normalized spacial score (nSPS) is 27.0. The lowest BCUT2D eigenvalue weighted by Crippen LogP contribution is -2.45. The molecule has 0 spiro atoms. The van der Waals surface area contributed by atoms with Crippen LogP contribution in [-0.2, 0) is 0 Å². The molecule has 0 amide bonds. The lowest BCUT2D eigenvalue weighted by Gasteiger charge is -2.38. The molecule has 0 aromatic rings. The fourth-order valence-corrected chi connectivity index (χ4v) is 3.59. The lowest BCUT2D eigenvalue weighted by atomic mass is 9.78. The molecule has 21 heavy (non-hydrogen) atoms. The first-order valence-electron chi connectivity index (χ1n) is 9.32. The Hall–Kier alpha value is -0.0800. The van der Waals surface area contributed by atoms with Crippen LogP contribution in [0.25, 0.3) is 0 Å². The van der Waals surface area contributed by atoms with Gasteiger partial charge >= 0.3 is 0 Å². The molecule has 2 nitrogen and oxygen atoms in total. The minimum Gasteiger partial charge on any atom is -0.317 e. The first-order chi connectivity index (χ1) is 9.92. The monoisotopic (exact) mass is 296 g/mol. The molecule has 0 aliphatic heterocycles. The minimum absolute atomic E-state index is 0.738. The number of hydrogen-bond acceptors (Lipinski definition) is 2. The zero-order valence-electron chi connectivity index (χ0n) is 15.5. The maximum absolute atomic E-state index is 3.58. The van der Waals surface area contributed by atoms with Gasteiger partial charge in [-0.2, -0.15) is 0 Å². The number of rotatable bonds is 9. The van der Waals surface area contributed by atoms with Crippen molar-refractivity contribution in [2.45, 2.75) is 72.8 Å². The third kappa shape index (κ3) is 7.65. The molecule has 1 saturated carbocycles. The second-order valence-corrected chi connectivity index (χ2v) is 8.24. The third-order valence-electron chi connectivity index (χ3n) is 5.15. The first kappa shape index (κ1) is 19.0. The van der Waals surface area contributed by atoms with Crippen molar-refractivity contribution in [1.29, 1.82) is 0 Å². The van der Waals surface area contributed by atoms with E-state index in [4.69, 9.17) is 0 Å². The van der Waals surface area contributed by atoms with Gasteiger partial charge in [0, 0.05) is 12.6 Å². The summed E-state index contributed by atoms with van der Waals surface area (Å²) in [6.07, 6.45) is 6.85. The van der Waals surface area contributed by atoms with Crippen molar-refractivity contribution in [3.05, 3.63) is 0 Å². The van der Waals surface area contributed by atoms with Crippen molar-refractivity contribution in [2.24, 2.45) is 23.7 Å². The summed E-state index contributed by atoms with van der Waals surface area (Å²) in [4.78, 5) is 2.76. The fraction of sp³-hybridized carbons (Fsp3) is 1.00. The Kier molecular flexibility index (Phi) is 8.89. The SMILES string of the molecule is CNC1CCC(C)CC1CN(CCC(C)C)CCC(C)C. The molecular weight excluding hydrogens is 256 g/mol. The van der Waals surface area contributed by atoms with Gasteiger partial charge in [0.25, 0.3) is 0 Å². The van der Waals surface area contributed by atoms with Gasteiger partial charge in [-0.1, -0.05) is 34.6 Å². The number of nitrogens with zero attached hydrogens (tertiary/aromatic N) is 1. The Morgan fingerprint density at radius 2 is 1.57 bits per heavy atom. The molecule has 1 aliphatic rings. The molecule has 0 saturated heterocycles. The van der Waals surface area contributed by atoms with Crippen molar-refractivity contribution in [2.75, 3.05) is 26.7 Å². The number of hydrogen-bond donors (Lipinski definition) is 1. The van der Waals surface area contributed by atoms with Crippen LogP contribution < -0.4 is 5.32 Å². The van der Waals surface area contributed by atoms with E-state index in [9.17, 15) is 0 Å². The maximum atomic E-state index is 3.58. The van der Waals surface area contributed by atoms with Gasteiger partial charge in [0.1, 0.15) is 0 Å². The minimum atomic E-state index is 0.738. The summed E-state index contributed by atoms with van der Waals surface area (Å²) in [6.45, 7) is 15.7. The predicted molar refractivity (Wildman–Crippen MR) is 94.7 cm³/mol. The van der Waals surface area contributed by atoms with Crippen LogP contribution in [0.15, 0.2) is 0 Å². The highest BCUT2D eigenvalue weighted by molar-refractivity contribution is 4.85. The van der Waals surface area contributed by atoms with E-state index < -0.39 is 0 Å². The lowest BCUT2D eigenvalue weighted by molar-refractivity contribution is 0.140. The number of nitrogens with one attached hydrogen (secondary N) is 1. The average Bonchev–Trinajstić information content (AvgIpc) is 2.41. The van der Waals surface area contributed by atoms with Gasteiger partial charge in [0.15, 0.2) is 0 Å². The highest BCUT2D eigenvalue weighted by Crippen LogP contribution is 2.29. The molecule has 1 fully saturated rings. The van der Waals surface area contributed by atoms with Crippen molar-refractivity contribution >= 4 is 0 Å². The Morgan fingerprint density at radius 1 is 1.00 bits per heavy atom. The highest BCUT2D eigenvalue weighted by atomic mass is 15.1. The highest BCUT2D eigenvalue weighted by Gasteiger charge is 2.28. The van der Waals surface area contributed by atoms with Crippen LogP contribution in [-0.4, -0.2) is 37.6 Å². The summed E-state index contributed by atoms with van der Waals surface area (Å²) in [5, 5.41) is 3.58. The van der Waals surface area contributed by atoms with Gasteiger partial charge in [-0.25, -0.2) is 0 Å². The molecule has 1 rings (SSSR count). The van der Waals surface area contributed by atoms with Gasteiger partial charge < -0.3 is 10.2 Å². The van der Waals surface area contributed by atoms with Crippen LogP contribution in [0.2, 0.25) is 0 Å². The van der Waals surface area contributed by atoms with E-state index in [-0.39, 0.29) is 0 Å². The first-order valence-corrected chi connectivity index (χ1v) is 9.32. The summed E-state index contributed by atoms with van der Waals surface area (Å²) in [6, 6.07) is 0.738. The zero-order valence-corrected chi connectivity index (χ0v) is 15.5. The maximum Gasteiger partial charge on any atom is 0.0105 e. The Labute approximate surface area is 134 Å². The summed E-state index contributed by atoms with van der Waals surface area (Å²) < 4.78 is 0. The molecule has 0 aromatic carbocycles. The van der Waals surface area contributed by atoms with Crippen LogP contribution in [0, 0.1) is 23.7 Å². The second kappa shape index (κ2) is 9.84. The third-order valence-corrected chi connectivity index (χ3v) is 5.15. The van der Waals surface area contributed by atoms with Crippen LogP contribution in [0.4, 0.5) is 0 Å². The summed E-state index contributed by atoms with van der Waals surface area (Å²) in [5.74, 6) is 3.39. The van der Waals surface area contributed by atoms with Gasteiger partial charge in [-0.3, -0.25) is 0 Å². The van der Waals surface area contributed by atoms with Crippen LogP contribution >= 0.6 is 0 Å². The molecule has 3 atom stereocenters.